The van der Waals surface area contributed by atoms with E-state index in [1.165, 1.54) is 5.56 Å². The number of amides is 1. The van der Waals surface area contributed by atoms with Gasteiger partial charge in [0, 0.05) is 29.4 Å². The maximum atomic E-state index is 12.9. The summed E-state index contributed by atoms with van der Waals surface area (Å²) in [6, 6.07) is 42.2. The molecule has 1 atom stereocenters. The number of aliphatic carboxylic acids is 1. The average molecular weight is 552 g/mol. The number of carboxylic acids is 1. The van der Waals surface area contributed by atoms with E-state index in [1.807, 2.05) is 78.9 Å². The lowest BCUT2D eigenvalue weighted by molar-refractivity contribution is -0.139. The van der Waals surface area contributed by atoms with E-state index in [-0.39, 0.29) is 6.42 Å². The largest absolute Gasteiger partial charge is 0.480 e. The predicted molar refractivity (Wildman–Crippen MR) is 165 cm³/mol. The Morgan fingerprint density at radius 3 is 1.83 bits per heavy atom. The minimum Gasteiger partial charge on any atom is -0.480 e. The fourth-order valence-electron chi connectivity index (χ4n) is 5.25. The fraction of sp³-hybridized carbons (Fsp3) is 0.0811. The highest BCUT2D eigenvalue weighted by Crippen LogP contribution is 2.37. The van der Waals surface area contributed by atoms with E-state index in [0.29, 0.717) is 12.0 Å². The summed E-state index contributed by atoms with van der Waals surface area (Å²) >= 11 is 0. The van der Waals surface area contributed by atoms with Crippen LogP contribution in [0.1, 0.15) is 27.2 Å². The van der Waals surface area contributed by atoms with Crippen LogP contribution in [0.4, 0.5) is 0 Å². The van der Waals surface area contributed by atoms with Crippen molar-refractivity contribution in [2.45, 2.75) is 18.9 Å². The number of carboxylic acid groups (broad SMARTS) is 1. The van der Waals surface area contributed by atoms with Crippen molar-refractivity contribution in [3.63, 3.8) is 0 Å². The lowest BCUT2D eigenvalue weighted by atomic mass is 9.96. The molecule has 5 aromatic carbocycles. The number of fused-ring (bicyclic) bond motifs is 1. The SMILES string of the molecule is O=C(NC(Cc1ccccc1)C(=O)O)c1ccc(-c2ccc(-c3c(Cc4ccccc4)oc4ccccc34)cc2)cc1. The van der Waals surface area contributed by atoms with Gasteiger partial charge in [0.1, 0.15) is 17.4 Å². The third-order valence-electron chi connectivity index (χ3n) is 7.42. The maximum Gasteiger partial charge on any atom is 0.326 e. The van der Waals surface area contributed by atoms with Crippen LogP contribution in [0.15, 0.2) is 138 Å². The third kappa shape index (κ3) is 5.86. The lowest BCUT2D eigenvalue weighted by Gasteiger charge is -2.15. The first kappa shape index (κ1) is 26.8. The molecule has 2 N–H and O–H groups in total. The second kappa shape index (κ2) is 12.0. The van der Waals surface area contributed by atoms with Crippen LogP contribution in [0, 0.1) is 0 Å². The maximum absolute atomic E-state index is 12.9. The van der Waals surface area contributed by atoms with Gasteiger partial charge in [-0.2, -0.15) is 0 Å². The van der Waals surface area contributed by atoms with E-state index in [2.05, 4.69) is 47.8 Å². The molecule has 6 aromatic rings. The number of para-hydroxylation sites is 1. The minimum absolute atomic E-state index is 0.214. The predicted octanol–water partition coefficient (Wildman–Crippen LogP) is 7.78. The molecular formula is C37H29NO4. The van der Waals surface area contributed by atoms with Gasteiger partial charge in [0.25, 0.3) is 5.91 Å². The van der Waals surface area contributed by atoms with Gasteiger partial charge < -0.3 is 14.8 Å². The third-order valence-corrected chi connectivity index (χ3v) is 7.42. The van der Waals surface area contributed by atoms with E-state index >= 15 is 0 Å². The van der Waals surface area contributed by atoms with Gasteiger partial charge in [-0.05, 0) is 46.0 Å². The van der Waals surface area contributed by atoms with Crippen molar-refractivity contribution >= 4 is 22.8 Å². The van der Waals surface area contributed by atoms with E-state index in [1.54, 1.807) is 12.1 Å². The molecule has 42 heavy (non-hydrogen) atoms. The zero-order valence-corrected chi connectivity index (χ0v) is 22.9. The first-order valence-corrected chi connectivity index (χ1v) is 13.9. The second-order valence-electron chi connectivity index (χ2n) is 10.3. The molecule has 0 fully saturated rings. The Morgan fingerprint density at radius 2 is 1.19 bits per heavy atom. The van der Waals surface area contributed by atoms with Crippen LogP contribution < -0.4 is 5.32 Å². The van der Waals surface area contributed by atoms with Gasteiger partial charge in [-0.3, -0.25) is 4.79 Å². The highest BCUT2D eigenvalue weighted by Gasteiger charge is 2.21. The quantitative estimate of drug-likeness (QED) is 0.192. The fourth-order valence-corrected chi connectivity index (χ4v) is 5.25. The normalized spacial score (nSPS) is 11.7. The summed E-state index contributed by atoms with van der Waals surface area (Å²) in [4.78, 5) is 24.6. The number of carbonyl (C=O) groups is 2. The van der Waals surface area contributed by atoms with E-state index in [9.17, 15) is 14.7 Å². The minimum atomic E-state index is -1.07. The molecule has 1 amide bonds. The van der Waals surface area contributed by atoms with Crippen LogP contribution in [0.3, 0.4) is 0 Å². The average Bonchev–Trinajstić information content (AvgIpc) is 3.39. The number of nitrogens with one attached hydrogen (secondary N) is 1. The zero-order valence-electron chi connectivity index (χ0n) is 22.9. The van der Waals surface area contributed by atoms with E-state index < -0.39 is 17.9 Å². The van der Waals surface area contributed by atoms with Gasteiger partial charge in [-0.25, -0.2) is 4.79 Å². The Balaban J connectivity index is 1.20. The number of carbonyl (C=O) groups excluding carboxylic acids is 1. The monoisotopic (exact) mass is 551 g/mol. The molecule has 0 bridgehead atoms. The van der Waals surface area contributed by atoms with Gasteiger partial charge >= 0.3 is 5.97 Å². The number of benzene rings is 5. The van der Waals surface area contributed by atoms with E-state index in [0.717, 1.165) is 44.5 Å². The van der Waals surface area contributed by atoms with Crippen molar-refractivity contribution in [3.05, 3.63) is 156 Å². The number of furan rings is 1. The summed E-state index contributed by atoms with van der Waals surface area (Å²) in [5.74, 6) is -0.559. The molecule has 1 aromatic heterocycles. The Kier molecular flexibility index (Phi) is 7.64. The Labute approximate surface area is 244 Å². The standard InChI is InChI=1S/C37H29NO4/c39-36(38-32(37(40)41)23-25-9-3-1-4-10-25)30-21-17-28(18-22-30)27-15-19-29(20-16-27)35-31-13-7-8-14-33(31)42-34(35)24-26-11-5-2-6-12-26/h1-22,32H,23-24H2,(H,38,39)(H,40,41). The van der Waals surface area contributed by atoms with Crippen LogP contribution in [0.25, 0.3) is 33.2 Å². The molecule has 206 valence electrons. The topological polar surface area (TPSA) is 79.5 Å². The number of hydrogen-bond acceptors (Lipinski definition) is 3. The van der Waals surface area contributed by atoms with Gasteiger partial charge in [0.15, 0.2) is 0 Å². The molecule has 0 aliphatic heterocycles. The summed E-state index contributed by atoms with van der Waals surface area (Å²) in [5.41, 5.74) is 7.44. The van der Waals surface area contributed by atoms with Crippen LogP contribution in [-0.4, -0.2) is 23.0 Å². The van der Waals surface area contributed by atoms with Gasteiger partial charge in [0.05, 0.1) is 0 Å². The van der Waals surface area contributed by atoms with Crippen molar-refractivity contribution < 1.29 is 19.1 Å². The first-order chi connectivity index (χ1) is 20.5. The van der Waals surface area contributed by atoms with Crippen molar-refractivity contribution in [3.8, 4) is 22.3 Å². The molecule has 1 unspecified atom stereocenters. The molecule has 5 heteroatoms. The number of hydrogen-bond donors (Lipinski definition) is 2. The van der Waals surface area contributed by atoms with Crippen LogP contribution in [0.5, 0.6) is 0 Å². The van der Waals surface area contributed by atoms with Crippen LogP contribution in [0.2, 0.25) is 0 Å². The summed E-state index contributed by atoms with van der Waals surface area (Å²) < 4.78 is 6.31. The summed E-state index contributed by atoms with van der Waals surface area (Å²) in [5, 5.41) is 13.4. The van der Waals surface area contributed by atoms with Gasteiger partial charge in [-0.15, -0.1) is 0 Å². The summed E-state index contributed by atoms with van der Waals surface area (Å²) in [7, 11) is 0. The van der Waals surface area contributed by atoms with Crippen LogP contribution in [-0.2, 0) is 17.6 Å². The molecule has 5 nitrogen and oxygen atoms in total. The smallest absolute Gasteiger partial charge is 0.326 e. The molecule has 6 rings (SSSR count). The van der Waals surface area contributed by atoms with Crippen LogP contribution >= 0.6 is 0 Å². The zero-order chi connectivity index (χ0) is 28.9. The molecule has 0 saturated carbocycles. The molecule has 0 radical (unpaired) electrons. The molecule has 0 aliphatic rings. The van der Waals surface area contributed by atoms with Gasteiger partial charge in [0.2, 0.25) is 0 Å². The molecular weight excluding hydrogens is 522 g/mol. The summed E-state index contributed by atoms with van der Waals surface area (Å²) in [6.07, 6.45) is 0.912. The lowest BCUT2D eigenvalue weighted by Crippen LogP contribution is -2.42. The van der Waals surface area contributed by atoms with Crippen molar-refractivity contribution in [1.82, 2.24) is 5.32 Å². The first-order valence-electron chi connectivity index (χ1n) is 13.9. The number of rotatable bonds is 9. The van der Waals surface area contributed by atoms with Crippen molar-refractivity contribution in [2.24, 2.45) is 0 Å². The molecule has 0 aliphatic carbocycles. The Hall–Kier alpha value is -5.42. The van der Waals surface area contributed by atoms with Crippen molar-refractivity contribution in [1.29, 1.82) is 0 Å². The van der Waals surface area contributed by atoms with Gasteiger partial charge in [-0.1, -0.05) is 115 Å². The Morgan fingerprint density at radius 1 is 0.643 bits per heavy atom. The highest BCUT2D eigenvalue weighted by molar-refractivity contribution is 5.98. The highest BCUT2D eigenvalue weighted by atomic mass is 16.4. The molecule has 0 spiro atoms. The molecule has 1 heterocycles. The second-order valence-corrected chi connectivity index (χ2v) is 10.3. The van der Waals surface area contributed by atoms with Crippen molar-refractivity contribution in [2.75, 3.05) is 0 Å². The van der Waals surface area contributed by atoms with E-state index in [4.69, 9.17) is 4.42 Å². The Bertz CT molecular complexity index is 1820. The summed E-state index contributed by atoms with van der Waals surface area (Å²) in [6.45, 7) is 0. The molecule has 0 saturated heterocycles.